The Kier molecular flexibility index (Phi) is 7.80. The minimum absolute atomic E-state index is 0.476. The molecule has 0 unspecified atom stereocenters. The quantitative estimate of drug-likeness (QED) is 0.254. The van der Waals surface area contributed by atoms with E-state index in [1.54, 1.807) is 20.4 Å². The summed E-state index contributed by atoms with van der Waals surface area (Å²) in [5.41, 5.74) is 3.99. The Balaban J connectivity index is 1.28. The molecule has 0 aliphatic rings. The van der Waals surface area contributed by atoms with Crippen LogP contribution in [0.25, 0.3) is 0 Å². The molecule has 5 nitrogen and oxygen atoms in total. The molecule has 0 saturated carbocycles. The fraction of sp³-hybridized carbons (Fsp3) is 0.138. The first-order valence-corrected chi connectivity index (χ1v) is 11.0. The normalized spacial score (nSPS) is 10.8. The molecule has 0 radical (unpaired) electrons. The van der Waals surface area contributed by atoms with E-state index in [9.17, 15) is 0 Å². The summed E-state index contributed by atoms with van der Waals surface area (Å²) in [5, 5.41) is 0. The number of methoxy groups -OCH3 is 2. The van der Waals surface area contributed by atoms with Crippen molar-refractivity contribution in [1.82, 2.24) is 0 Å². The van der Waals surface area contributed by atoms with Crippen molar-refractivity contribution >= 4 is 11.9 Å². The highest BCUT2D eigenvalue weighted by molar-refractivity contribution is 5.83. The fourth-order valence-electron chi connectivity index (χ4n) is 3.30. The van der Waals surface area contributed by atoms with Gasteiger partial charge in [-0.25, -0.2) is 0 Å². The van der Waals surface area contributed by atoms with Gasteiger partial charge in [-0.2, -0.15) is 0 Å². The Morgan fingerprint density at radius 1 is 0.618 bits per heavy atom. The van der Waals surface area contributed by atoms with E-state index < -0.39 is 0 Å². The Bertz CT molecular complexity index is 1200. The Morgan fingerprint density at radius 2 is 1.21 bits per heavy atom. The molecule has 172 valence electrons. The number of aliphatic imine (C=N–C) groups is 1. The standard InChI is InChI=1S/C29H27NO4/c1-31-28-17-10-24(18-29(28)32-2)19-30-25-11-8-23(9-12-25)21-34-27-15-13-26(14-16-27)33-20-22-6-4-3-5-7-22/h3-19H,20-21H2,1-2H3. The minimum atomic E-state index is 0.476. The summed E-state index contributed by atoms with van der Waals surface area (Å²) in [6.45, 7) is 1.02. The predicted molar refractivity (Wildman–Crippen MR) is 135 cm³/mol. The lowest BCUT2D eigenvalue weighted by Crippen LogP contribution is -1.96. The summed E-state index contributed by atoms with van der Waals surface area (Å²) >= 11 is 0. The van der Waals surface area contributed by atoms with Gasteiger partial charge in [-0.3, -0.25) is 4.99 Å². The Morgan fingerprint density at radius 3 is 1.79 bits per heavy atom. The van der Waals surface area contributed by atoms with Crippen LogP contribution in [0, 0.1) is 0 Å². The van der Waals surface area contributed by atoms with Crippen molar-refractivity contribution in [1.29, 1.82) is 0 Å². The van der Waals surface area contributed by atoms with E-state index in [1.807, 2.05) is 97.1 Å². The van der Waals surface area contributed by atoms with E-state index in [4.69, 9.17) is 18.9 Å². The lowest BCUT2D eigenvalue weighted by molar-refractivity contribution is 0.297. The van der Waals surface area contributed by atoms with Crippen LogP contribution in [-0.4, -0.2) is 20.4 Å². The molecule has 5 heteroatoms. The first-order chi connectivity index (χ1) is 16.7. The molecule has 4 aromatic rings. The molecule has 0 atom stereocenters. The van der Waals surface area contributed by atoms with Gasteiger partial charge in [0.05, 0.1) is 19.9 Å². The van der Waals surface area contributed by atoms with Crippen LogP contribution in [0.4, 0.5) is 5.69 Å². The molecule has 0 N–H and O–H groups in total. The summed E-state index contributed by atoms with van der Waals surface area (Å²) in [7, 11) is 3.24. The van der Waals surface area contributed by atoms with Crippen molar-refractivity contribution in [3.63, 3.8) is 0 Å². The zero-order chi connectivity index (χ0) is 23.6. The Labute approximate surface area is 200 Å². The third-order valence-corrected chi connectivity index (χ3v) is 5.18. The van der Waals surface area contributed by atoms with Gasteiger partial charge < -0.3 is 18.9 Å². The second-order valence-corrected chi connectivity index (χ2v) is 7.57. The molecule has 0 aliphatic heterocycles. The Hall–Kier alpha value is -4.25. The predicted octanol–water partition coefficient (Wildman–Crippen LogP) is 6.61. The van der Waals surface area contributed by atoms with E-state index in [1.165, 1.54) is 0 Å². The number of nitrogens with zero attached hydrogens (tertiary/aromatic N) is 1. The average Bonchev–Trinajstić information content (AvgIpc) is 2.91. The van der Waals surface area contributed by atoms with Gasteiger partial charge in [-0.15, -0.1) is 0 Å². The van der Waals surface area contributed by atoms with Crippen molar-refractivity contribution in [2.45, 2.75) is 13.2 Å². The van der Waals surface area contributed by atoms with E-state index in [-0.39, 0.29) is 0 Å². The SMILES string of the molecule is COc1ccc(C=Nc2ccc(COc3ccc(OCc4ccccc4)cc3)cc2)cc1OC. The molecular formula is C29H27NO4. The number of rotatable bonds is 10. The fourth-order valence-corrected chi connectivity index (χ4v) is 3.30. The molecule has 0 bridgehead atoms. The first-order valence-electron chi connectivity index (χ1n) is 11.0. The van der Waals surface area contributed by atoms with Gasteiger partial charge >= 0.3 is 0 Å². The largest absolute Gasteiger partial charge is 0.493 e. The van der Waals surface area contributed by atoms with E-state index >= 15 is 0 Å². The molecule has 0 aromatic heterocycles. The second-order valence-electron chi connectivity index (χ2n) is 7.57. The van der Waals surface area contributed by atoms with Gasteiger partial charge in [0.2, 0.25) is 0 Å². The topological polar surface area (TPSA) is 49.3 Å². The third-order valence-electron chi connectivity index (χ3n) is 5.18. The molecule has 0 aliphatic carbocycles. The summed E-state index contributed by atoms with van der Waals surface area (Å²) in [5.74, 6) is 2.98. The summed E-state index contributed by atoms with van der Waals surface area (Å²) < 4.78 is 22.3. The highest BCUT2D eigenvalue weighted by Gasteiger charge is 2.03. The van der Waals surface area contributed by atoms with Crippen LogP contribution in [0.3, 0.4) is 0 Å². The number of hydrogen-bond donors (Lipinski definition) is 0. The van der Waals surface area contributed by atoms with Gasteiger partial charge in [0.25, 0.3) is 0 Å². The van der Waals surface area contributed by atoms with E-state index in [0.717, 1.165) is 33.9 Å². The summed E-state index contributed by atoms with van der Waals surface area (Å²) in [6.07, 6.45) is 1.80. The minimum Gasteiger partial charge on any atom is -0.493 e. The van der Waals surface area contributed by atoms with Crippen LogP contribution in [0.2, 0.25) is 0 Å². The maximum absolute atomic E-state index is 5.91. The number of hydrogen-bond acceptors (Lipinski definition) is 5. The highest BCUT2D eigenvalue weighted by Crippen LogP contribution is 2.27. The molecule has 34 heavy (non-hydrogen) atoms. The van der Waals surface area contributed by atoms with Crippen LogP contribution in [0.15, 0.2) is 102 Å². The molecule has 0 fully saturated rings. The molecule has 4 aromatic carbocycles. The van der Waals surface area contributed by atoms with Gasteiger partial charge in [-0.1, -0.05) is 42.5 Å². The van der Waals surface area contributed by atoms with Gasteiger partial charge in [0, 0.05) is 6.21 Å². The van der Waals surface area contributed by atoms with Crippen LogP contribution in [0.5, 0.6) is 23.0 Å². The van der Waals surface area contributed by atoms with Crippen LogP contribution in [-0.2, 0) is 13.2 Å². The van der Waals surface area contributed by atoms with Crippen LogP contribution >= 0.6 is 0 Å². The van der Waals surface area contributed by atoms with E-state index in [0.29, 0.717) is 24.7 Å². The zero-order valence-electron chi connectivity index (χ0n) is 19.3. The number of ether oxygens (including phenoxy) is 4. The smallest absolute Gasteiger partial charge is 0.161 e. The zero-order valence-corrected chi connectivity index (χ0v) is 19.3. The third kappa shape index (κ3) is 6.39. The summed E-state index contributed by atoms with van der Waals surface area (Å²) in [6, 6.07) is 31.4. The van der Waals surface area contributed by atoms with Crippen LogP contribution in [0.1, 0.15) is 16.7 Å². The lowest BCUT2D eigenvalue weighted by Gasteiger charge is -2.09. The molecule has 0 saturated heterocycles. The molecular weight excluding hydrogens is 426 g/mol. The maximum atomic E-state index is 5.91. The lowest BCUT2D eigenvalue weighted by atomic mass is 10.2. The molecule has 0 amide bonds. The van der Waals surface area contributed by atoms with Gasteiger partial charge in [0.1, 0.15) is 24.7 Å². The monoisotopic (exact) mass is 453 g/mol. The number of benzene rings is 4. The van der Waals surface area contributed by atoms with Crippen molar-refractivity contribution in [3.05, 3.63) is 114 Å². The van der Waals surface area contributed by atoms with Gasteiger partial charge in [-0.05, 0) is 71.3 Å². The first kappa shape index (κ1) is 22.9. The maximum Gasteiger partial charge on any atom is 0.161 e. The summed E-state index contributed by atoms with van der Waals surface area (Å²) in [4.78, 5) is 4.54. The molecule has 0 heterocycles. The highest BCUT2D eigenvalue weighted by atomic mass is 16.5. The van der Waals surface area contributed by atoms with Crippen molar-refractivity contribution < 1.29 is 18.9 Å². The van der Waals surface area contributed by atoms with Crippen molar-refractivity contribution in [3.8, 4) is 23.0 Å². The molecule has 0 spiro atoms. The molecule has 4 rings (SSSR count). The van der Waals surface area contributed by atoms with E-state index in [2.05, 4.69) is 4.99 Å². The van der Waals surface area contributed by atoms with Crippen molar-refractivity contribution in [2.75, 3.05) is 14.2 Å². The average molecular weight is 454 g/mol. The van der Waals surface area contributed by atoms with Crippen LogP contribution < -0.4 is 18.9 Å². The second kappa shape index (κ2) is 11.6. The van der Waals surface area contributed by atoms with Crippen molar-refractivity contribution in [2.24, 2.45) is 4.99 Å². The van der Waals surface area contributed by atoms with Gasteiger partial charge in [0.15, 0.2) is 11.5 Å².